The molecule has 196 valence electrons. The van der Waals surface area contributed by atoms with Gasteiger partial charge in [0.25, 0.3) is 0 Å². The highest BCUT2D eigenvalue weighted by molar-refractivity contribution is 6.35. The predicted octanol–water partition coefficient (Wildman–Crippen LogP) is 9.77. The number of benzene rings is 4. The van der Waals surface area contributed by atoms with E-state index in [4.69, 9.17) is 51.4 Å². The van der Waals surface area contributed by atoms with Crippen molar-refractivity contribution < 1.29 is 0 Å². The molecule has 0 spiro atoms. The number of rotatable bonds is 6. The van der Waals surface area contributed by atoms with Crippen molar-refractivity contribution in [2.75, 3.05) is 0 Å². The monoisotopic (exact) mass is 600 g/mol. The van der Waals surface area contributed by atoms with Gasteiger partial charge in [-0.15, -0.1) is 0 Å². The fraction of sp³-hybridized carbons (Fsp3) is 0.0625. The van der Waals surface area contributed by atoms with Gasteiger partial charge in [0, 0.05) is 49.3 Å². The SMILES string of the molecule is N#C/C(=C\c1cn(Cc2ccc(Cl)cc2Cl)c2ccccc12)c1nc2ccccc2n1Cc1ccc(Cl)cc1Cl. The van der Waals surface area contributed by atoms with Crippen LogP contribution >= 0.6 is 46.4 Å². The Labute approximate surface area is 251 Å². The Hall–Kier alpha value is -3.72. The van der Waals surface area contributed by atoms with Gasteiger partial charge in [-0.05, 0) is 59.7 Å². The molecule has 4 nitrogen and oxygen atoms in total. The van der Waals surface area contributed by atoms with Crippen LogP contribution in [0.1, 0.15) is 22.5 Å². The predicted molar refractivity (Wildman–Crippen MR) is 166 cm³/mol. The van der Waals surface area contributed by atoms with E-state index in [1.54, 1.807) is 12.1 Å². The van der Waals surface area contributed by atoms with Crippen molar-refractivity contribution in [2.24, 2.45) is 0 Å². The van der Waals surface area contributed by atoms with Crippen molar-refractivity contribution in [3.8, 4) is 6.07 Å². The summed E-state index contributed by atoms with van der Waals surface area (Å²) in [6.45, 7) is 0.988. The molecule has 0 aliphatic heterocycles. The van der Waals surface area contributed by atoms with Gasteiger partial charge in [-0.1, -0.05) is 88.9 Å². The summed E-state index contributed by atoms with van der Waals surface area (Å²) in [5.74, 6) is 0.562. The van der Waals surface area contributed by atoms with Gasteiger partial charge < -0.3 is 9.13 Å². The summed E-state index contributed by atoms with van der Waals surface area (Å²) in [5.41, 5.74) is 5.90. The summed E-state index contributed by atoms with van der Waals surface area (Å²) in [5, 5.41) is 13.7. The minimum absolute atomic E-state index is 0.432. The van der Waals surface area contributed by atoms with E-state index in [0.717, 1.165) is 38.6 Å². The average Bonchev–Trinajstić information content (AvgIpc) is 3.48. The molecule has 0 radical (unpaired) electrons. The molecular weight excluding hydrogens is 582 g/mol. The first-order valence-corrected chi connectivity index (χ1v) is 14.0. The lowest BCUT2D eigenvalue weighted by Crippen LogP contribution is -2.05. The van der Waals surface area contributed by atoms with Crippen LogP contribution in [0.15, 0.2) is 91.1 Å². The van der Waals surface area contributed by atoms with E-state index in [1.807, 2.05) is 83.6 Å². The molecule has 40 heavy (non-hydrogen) atoms. The number of fused-ring (bicyclic) bond motifs is 2. The van der Waals surface area contributed by atoms with E-state index in [9.17, 15) is 5.26 Å². The minimum atomic E-state index is 0.432. The standard InChI is InChI=1S/C32H20Cl4N4/c33-24-11-9-20(27(35)14-24)17-39-18-23(26-5-1-3-7-30(26)39)13-22(16-37)32-38-29-6-2-4-8-31(29)40(32)19-21-10-12-25(34)15-28(21)36/h1-15,18H,17,19H2/b22-13+. The first-order chi connectivity index (χ1) is 19.4. The third-order valence-electron chi connectivity index (χ3n) is 6.83. The molecule has 0 fully saturated rings. The zero-order chi connectivity index (χ0) is 27.8. The van der Waals surface area contributed by atoms with Crippen molar-refractivity contribution in [2.45, 2.75) is 13.1 Å². The first-order valence-electron chi connectivity index (χ1n) is 12.4. The molecular formula is C32H20Cl4N4. The van der Waals surface area contributed by atoms with E-state index in [2.05, 4.69) is 16.7 Å². The van der Waals surface area contributed by atoms with Crippen molar-refractivity contribution in [3.63, 3.8) is 0 Å². The van der Waals surface area contributed by atoms with Crippen molar-refractivity contribution in [1.82, 2.24) is 14.1 Å². The van der Waals surface area contributed by atoms with Crippen LogP contribution in [0.25, 0.3) is 33.6 Å². The van der Waals surface area contributed by atoms with E-state index in [0.29, 0.717) is 44.6 Å². The highest BCUT2D eigenvalue weighted by Gasteiger charge is 2.18. The summed E-state index contributed by atoms with van der Waals surface area (Å²) in [7, 11) is 0. The number of halogens is 4. The lowest BCUT2D eigenvalue weighted by Gasteiger charge is -2.11. The lowest BCUT2D eigenvalue weighted by atomic mass is 10.1. The number of aromatic nitrogens is 3. The largest absolute Gasteiger partial charge is 0.342 e. The maximum Gasteiger partial charge on any atom is 0.152 e. The second kappa shape index (κ2) is 11.0. The number of hydrogen-bond acceptors (Lipinski definition) is 2. The topological polar surface area (TPSA) is 46.5 Å². The molecule has 0 amide bonds. The van der Waals surface area contributed by atoms with Gasteiger partial charge in [0.05, 0.1) is 23.2 Å². The van der Waals surface area contributed by atoms with Crippen molar-refractivity contribution in [1.29, 1.82) is 5.26 Å². The van der Waals surface area contributed by atoms with Crippen LogP contribution in [0.2, 0.25) is 20.1 Å². The Morgan fingerprint density at radius 1 is 0.775 bits per heavy atom. The highest BCUT2D eigenvalue weighted by Crippen LogP contribution is 2.31. The van der Waals surface area contributed by atoms with Gasteiger partial charge in [-0.2, -0.15) is 5.26 Å². The molecule has 4 aromatic carbocycles. The van der Waals surface area contributed by atoms with Crippen LogP contribution in [-0.4, -0.2) is 14.1 Å². The fourth-order valence-corrected chi connectivity index (χ4v) is 5.85. The Kier molecular flexibility index (Phi) is 7.31. The quantitative estimate of drug-likeness (QED) is 0.178. The molecule has 0 aliphatic rings. The molecule has 0 aliphatic carbocycles. The zero-order valence-electron chi connectivity index (χ0n) is 21.0. The van der Waals surface area contributed by atoms with Gasteiger partial charge in [-0.25, -0.2) is 4.98 Å². The number of para-hydroxylation sites is 3. The van der Waals surface area contributed by atoms with Crippen LogP contribution in [-0.2, 0) is 13.1 Å². The fourth-order valence-electron chi connectivity index (χ4n) is 4.92. The van der Waals surface area contributed by atoms with E-state index in [-0.39, 0.29) is 0 Å². The Bertz CT molecular complexity index is 1980. The summed E-state index contributed by atoms with van der Waals surface area (Å²) < 4.78 is 4.15. The molecule has 6 aromatic rings. The van der Waals surface area contributed by atoms with Crippen LogP contribution in [0.4, 0.5) is 0 Å². The lowest BCUT2D eigenvalue weighted by molar-refractivity contribution is 0.811. The normalized spacial score (nSPS) is 11.8. The number of nitrogens with zero attached hydrogens (tertiary/aromatic N) is 4. The van der Waals surface area contributed by atoms with Gasteiger partial charge in [0.15, 0.2) is 5.82 Å². The molecule has 2 heterocycles. The van der Waals surface area contributed by atoms with Crippen molar-refractivity contribution in [3.05, 3.63) is 134 Å². The van der Waals surface area contributed by atoms with Crippen LogP contribution in [0, 0.1) is 11.3 Å². The van der Waals surface area contributed by atoms with Crippen LogP contribution < -0.4 is 0 Å². The molecule has 0 atom stereocenters. The molecule has 8 heteroatoms. The smallest absolute Gasteiger partial charge is 0.152 e. The highest BCUT2D eigenvalue weighted by atomic mass is 35.5. The summed E-state index contributed by atoms with van der Waals surface area (Å²) in [6.07, 6.45) is 3.93. The minimum Gasteiger partial charge on any atom is -0.342 e. The summed E-state index contributed by atoms with van der Waals surface area (Å²) in [4.78, 5) is 4.86. The van der Waals surface area contributed by atoms with Gasteiger partial charge in [-0.3, -0.25) is 0 Å². The summed E-state index contributed by atoms with van der Waals surface area (Å²) in [6, 6.07) is 29.2. The van der Waals surface area contributed by atoms with Gasteiger partial charge in [0.1, 0.15) is 6.07 Å². The van der Waals surface area contributed by atoms with Gasteiger partial charge in [0.2, 0.25) is 0 Å². The third kappa shape index (κ3) is 5.10. The Balaban J connectivity index is 1.47. The maximum atomic E-state index is 10.4. The zero-order valence-corrected chi connectivity index (χ0v) is 24.0. The molecule has 0 bridgehead atoms. The Morgan fingerprint density at radius 2 is 1.40 bits per heavy atom. The number of hydrogen-bond donors (Lipinski definition) is 0. The summed E-state index contributed by atoms with van der Waals surface area (Å²) >= 11 is 25.3. The van der Waals surface area contributed by atoms with Crippen molar-refractivity contribution >= 4 is 80.0 Å². The number of allylic oxidation sites excluding steroid dienone is 1. The molecule has 6 rings (SSSR count). The molecule has 0 unspecified atom stereocenters. The second-order valence-electron chi connectivity index (χ2n) is 9.38. The van der Waals surface area contributed by atoms with Crippen LogP contribution in [0.3, 0.4) is 0 Å². The molecule has 0 N–H and O–H groups in total. The molecule has 2 aromatic heterocycles. The first kappa shape index (κ1) is 26.5. The maximum absolute atomic E-state index is 10.4. The van der Waals surface area contributed by atoms with E-state index in [1.165, 1.54) is 0 Å². The molecule has 0 saturated carbocycles. The third-order valence-corrected chi connectivity index (χ3v) is 8.01. The number of imidazole rings is 1. The number of nitriles is 1. The van der Waals surface area contributed by atoms with E-state index >= 15 is 0 Å². The average molecular weight is 602 g/mol. The van der Waals surface area contributed by atoms with E-state index < -0.39 is 0 Å². The molecule has 0 saturated heterocycles. The van der Waals surface area contributed by atoms with Crippen LogP contribution in [0.5, 0.6) is 0 Å². The van der Waals surface area contributed by atoms with Gasteiger partial charge >= 0.3 is 0 Å². The second-order valence-corrected chi connectivity index (χ2v) is 11.1. The Morgan fingerprint density at radius 3 is 2.08 bits per heavy atom.